The van der Waals surface area contributed by atoms with Crippen LogP contribution in [0.15, 0.2) is 30.5 Å². The number of aromatic hydroxyl groups is 1. The SMILES string of the molecule is C#Cc1c(F)ccc2cc(O)cc(-c3ncc4c(N5C6CNCC5COC6)nc(OC)nc4c3F)c12.FC1CC2CCCN2C1. The van der Waals surface area contributed by atoms with Gasteiger partial charge >= 0.3 is 6.01 Å². The summed E-state index contributed by atoms with van der Waals surface area (Å²) in [5.74, 6) is 1.32. The maximum Gasteiger partial charge on any atom is 0.318 e. The predicted octanol–water partition coefficient (Wildman–Crippen LogP) is 4.19. The van der Waals surface area contributed by atoms with Crippen molar-refractivity contribution < 1.29 is 27.8 Å². The summed E-state index contributed by atoms with van der Waals surface area (Å²) in [6, 6.07) is 6.05. The molecule has 0 spiro atoms. The van der Waals surface area contributed by atoms with Gasteiger partial charge in [-0.3, -0.25) is 9.88 Å². The summed E-state index contributed by atoms with van der Waals surface area (Å²) in [6.45, 7) is 4.24. The lowest BCUT2D eigenvalue weighted by Gasteiger charge is -2.46. The highest BCUT2D eigenvalue weighted by Crippen LogP contribution is 2.39. The molecule has 4 aliphatic rings. The number of nitrogens with one attached hydrogen (secondary N) is 1. The number of anilines is 1. The number of phenols is 1. The summed E-state index contributed by atoms with van der Waals surface area (Å²) in [6.07, 6.45) is 9.90. The molecule has 0 saturated carbocycles. The third-order valence-electron chi connectivity index (χ3n) is 9.15. The number of methoxy groups -OCH3 is 1. The smallest absolute Gasteiger partial charge is 0.318 e. The van der Waals surface area contributed by atoms with E-state index in [1.165, 1.54) is 50.4 Å². The Morgan fingerprint density at radius 3 is 2.67 bits per heavy atom. The fourth-order valence-electron chi connectivity index (χ4n) is 7.15. The number of aromatic nitrogens is 3. The van der Waals surface area contributed by atoms with Crippen molar-refractivity contribution in [3.8, 4) is 35.4 Å². The van der Waals surface area contributed by atoms with Crippen molar-refractivity contribution in [3.05, 3.63) is 47.7 Å². The Kier molecular flexibility index (Phi) is 7.85. The number of rotatable bonds is 3. The molecule has 6 heterocycles. The second-order valence-corrected chi connectivity index (χ2v) is 11.9. The van der Waals surface area contributed by atoms with E-state index >= 15 is 4.39 Å². The summed E-state index contributed by atoms with van der Waals surface area (Å²) in [5.41, 5.74) is -0.0163. The van der Waals surface area contributed by atoms with E-state index in [0.717, 1.165) is 13.0 Å². The van der Waals surface area contributed by atoms with Crippen LogP contribution < -0.4 is 15.0 Å². The predicted molar refractivity (Wildman–Crippen MR) is 164 cm³/mol. The third-order valence-corrected chi connectivity index (χ3v) is 9.15. The molecule has 2 aromatic heterocycles. The molecule has 9 nitrogen and oxygen atoms in total. The Morgan fingerprint density at radius 2 is 1.93 bits per heavy atom. The van der Waals surface area contributed by atoms with E-state index in [0.29, 0.717) is 55.5 Å². The van der Waals surface area contributed by atoms with Crippen LogP contribution in [0.1, 0.15) is 24.8 Å². The number of ether oxygens (including phenoxy) is 2. The van der Waals surface area contributed by atoms with Crippen molar-refractivity contribution in [3.63, 3.8) is 0 Å². The van der Waals surface area contributed by atoms with Crippen LogP contribution in [0.3, 0.4) is 0 Å². The van der Waals surface area contributed by atoms with E-state index in [1.54, 1.807) is 0 Å². The standard InChI is InChI=1S/C26H21F2N5O3.C7H12FN/c1-3-17-20(27)5-4-13-6-16(34)7-18(21(13)17)23-22(28)24-19(10-30-23)25(32-26(31-24)35-2)33-14-8-29-9-15(33)12-36-11-14;8-6-4-7-2-1-3-9(7)5-6/h1,4-7,10,14-15,29,34H,8-9,11-12H2,2H3;6-7H,1-5H2. The third kappa shape index (κ3) is 5.28. The first-order valence-corrected chi connectivity index (χ1v) is 15.1. The molecule has 8 rings (SSSR count). The lowest BCUT2D eigenvalue weighted by Crippen LogP contribution is -2.64. The number of alkyl halides is 1. The van der Waals surface area contributed by atoms with Crippen LogP contribution in [0.5, 0.6) is 11.8 Å². The molecule has 4 fully saturated rings. The fraction of sp³-hybridized carbons (Fsp3) is 0.424. The van der Waals surface area contributed by atoms with Crippen LogP contribution in [0, 0.1) is 24.0 Å². The molecule has 4 saturated heterocycles. The molecule has 234 valence electrons. The van der Waals surface area contributed by atoms with Gasteiger partial charge in [-0.15, -0.1) is 6.42 Å². The van der Waals surface area contributed by atoms with Crippen molar-refractivity contribution in [1.29, 1.82) is 0 Å². The molecule has 2 N–H and O–H groups in total. The van der Waals surface area contributed by atoms with Crippen LogP contribution in [0.2, 0.25) is 0 Å². The summed E-state index contributed by atoms with van der Waals surface area (Å²) in [5, 5.41) is 14.9. The molecule has 4 atom stereocenters. The highest BCUT2D eigenvalue weighted by Gasteiger charge is 2.37. The lowest BCUT2D eigenvalue weighted by molar-refractivity contribution is 0.0524. The van der Waals surface area contributed by atoms with Crippen LogP contribution in [-0.2, 0) is 4.74 Å². The van der Waals surface area contributed by atoms with Crippen LogP contribution in [0.4, 0.5) is 19.0 Å². The molecule has 2 aromatic carbocycles. The van der Waals surface area contributed by atoms with E-state index < -0.39 is 17.8 Å². The zero-order chi connectivity index (χ0) is 31.2. The molecule has 0 radical (unpaired) electrons. The molecule has 0 aliphatic carbocycles. The number of hydrogen-bond donors (Lipinski definition) is 2. The van der Waals surface area contributed by atoms with Gasteiger partial charge in [0.2, 0.25) is 0 Å². The van der Waals surface area contributed by atoms with Gasteiger partial charge in [0, 0.05) is 42.8 Å². The Morgan fingerprint density at radius 1 is 1.13 bits per heavy atom. The zero-order valence-corrected chi connectivity index (χ0v) is 24.8. The van der Waals surface area contributed by atoms with Crippen molar-refractivity contribution in [1.82, 2.24) is 25.2 Å². The van der Waals surface area contributed by atoms with Gasteiger partial charge in [0.25, 0.3) is 0 Å². The molecule has 45 heavy (non-hydrogen) atoms. The number of phenolic OH excluding ortho intramolecular Hbond substituents is 1. The molecule has 4 aromatic rings. The van der Waals surface area contributed by atoms with E-state index in [2.05, 4.69) is 36.0 Å². The van der Waals surface area contributed by atoms with Gasteiger partial charge in [-0.25, -0.2) is 13.2 Å². The normalized spacial score (nSPS) is 24.3. The maximum absolute atomic E-state index is 16.2. The quantitative estimate of drug-likeness (QED) is 0.328. The summed E-state index contributed by atoms with van der Waals surface area (Å²) >= 11 is 0. The number of nitrogens with zero attached hydrogens (tertiary/aromatic N) is 5. The second kappa shape index (κ2) is 12.0. The Labute approximate surface area is 258 Å². The molecule has 2 bridgehead atoms. The molecule has 4 unspecified atom stereocenters. The van der Waals surface area contributed by atoms with E-state index in [4.69, 9.17) is 15.9 Å². The number of pyridine rings is 1. The largest absolute Gasteiger partial charge is 0.508 e. The summed E-state index contributed by atoms with van der Waals surface area (Å²) in [7, 11) is 1.41. The number of benzene rings is 2. The van der Waals surface area contributed by atoms with Crippen LogP contribution in [0.25, 0.3) is 32.9 Å². The van der Waals surface area contributed by atoms with Crippen LogP contribution in [-0.4, -0.2) is 95.8 Å². The van der Waals surface area contributed by atoms with Gasteiger partial charge in [-0.05, 0) is 49.4 Å². The van der Waals surface area contributed by atoms with Gasteiger partial charge in [0.05, 0.1) is 43.4 Å². The Balaban J connectivity index is 0.000000308. The zero-order valence-electron chi connectivity index (χ0n) is 24.8. The van der Waals surface area contributed by atoms with Crippen molar-refractivity contribution in [2.24, 2.45) is 0 Å². The average molecular weight is 619 g/mol. The second-order valence-electron chi connectivity index (χ2n) is 11.9. The fourth-order valence-corrected chi connectivity index (χ4v) is 7.15. The van der Waals surface area contributed by atoms with Crippen LogP contribution >= 0.6 is 0 Å². The average Bonchev–Trinajstić information content (AvgIpc) is 3.61. The van der Waals surface area contributed by atoms with E-state index in [9.17, 15) is 13.9 Å². The molecule has 4 aliphatic heterocycles. The Hall–Kier alpha value is -4.18. The minimum absolute atomic E-state index is 0.000722. The highest BCUT2D eigenvalue weighted by molar-refractivity contribution is 6.03. The van der Waals surface area contributed by atoms with Gasteiger partial charge in [0.15, 0.2) is 5.82 Å². The monoisotopic (exact) mass is 618 g/mol. The Bertz CT molecular complexity index is 1780. The highest BCUT2D eigenvalue weighted by atomic mass is 19.1. The summed E-state index contributed by atoms with van der Waals surface area (Å²) < 4.78 is 54.4. The number of morpholine rings is 1. The minimum Gasteiger partial charge on any atom is -0.508 e. The van der Waals surface area contributed by atoms with Gasteiger partial charge < -0.3 is 24.8 Å². The number of halogens is 3. The van der Waals surface area contributed by atoms with Crippen molar-refractivity contribution in [2.75, 3.05) is 51.4 Å². The molecule has 0 amide bonds. The molecular weight excluding hydrogens is 585 g/mol. The first-order chi connectivity index (χ1) is 21.9. The van der Waals surface area contributed by atoms with E-state index in [1.807, 2.05) is 0 Å². The first kappa shape index (κ1) is 29.5. The van der Waals surface area contributed by atoms with Crippen molar-refractivity contribution in [2.45, 2.75) is 43.6 Å². The molecule has 12 heteroatoms. The maximum atomic E-state index is 16.2. The van der Waals surface area contributed by atoms with Gasteiger partial charge in [-0.1, -0.05) is 12.0 Å². The van der Waals surface area contributed by atoms with Crippen molar-refractivity contribution >= 4 is 27.5 Å². The van der Waals surface area contributed by atoms with E-state index in [-0.39, 0.29) is 51.6 Å². The minimum atomic E-state index is -0.759. The number of fused-ring (bicyclic) bond motifs is 5. The lowest BCUT2D eigenvalue weighted by atomic mass is 9.95. The number of piperazine rings is 1. The topological polar surface area (TPSA) is 95.9 Å². The summed E-state index contributed by atoms with van der Waals surface area (Å²) in [4.78, 5) is 17.7. The molecular formula is C33H33F3N6O3. The van der Waals surface area contributed by atoms with Gasteiger partial charge in [-0.2, -0.15) is 9.97 Å². The van der Waals surface area contributed by atoms with Gasteiger partial charge in [0.1, 0.15) is 34.8 Å². The number of hydrogen-bond acceptors (Lipinski definition) is 9. The first-order valence-electron chi connectivity index (χ1n) is 15.1. The number of terminal acetylenes is 1.